The van der Waals surface area contributed by atoms with Gasteiger partial charge in [-0.3, -0.25) is 4.90 Å². The van der Waals surface area contributed by atoms with Gasteiger partial charge in [-0.05, 0) is 27.4 Å². The van der Waals surface area contributed by atoms with Crippen molar-refractivity contribution in [1.29, 1.82) is 0 Å². The van der Waals surface area contributed by atoms with Crippen molar-refractivity contribution in [3.63, 3.8) is 0 Å². The molecule has 0 radical (unpaired) electrons. The SMILES string of the molecule is C=C(C)C(=O)OC(CC)N(C)C.Cl. The van der Waals surface area contributed by atoms with Gasteiger partial charge in [-0.1, -0.05) is 13.5 Å². The van der Waals surface area contributed by atoms with Gasteiger partial charge in [-0.25, -0.2) is 4.79 Å². The van der Waals surface area contributed by atoms with Crippen LogP contribution in [0.15, 0.2) is 12.2 Å². The van der Waals surface area contributed by atoms with Crippen molar-refractivity contribution in [2.75, 3.05) is 14.1 Å². The highest BCUT2D eigenvalue weighted by atomic mass is 35.5. The Bertz CT molecular complexity index is 180. The van der Waals surface area contributed by atoms with E-state index in [0.29, 0.717) is 5.57 Å². The van der Waals surface area contributed by atoms with Crippen molar-refractivity contribution in [3.05, 3.63) is 12.2 Å². The molecular formula is C9H18ClNO2. The number of esters is 1. The van der Waals surface area contributed by atoms with E-state index in [4.69, 9.17) is 4.74 Å². The first kappa shape index (κ1) is 15.0. The second-order valence-electron chi connectivity index (χ2n) is 3.01. The maximum atomic E-state index is 11.1. The number of hydrogen-bond donors (Lipinski definition) is 0. The first-order chi connectivity index (χ1) is 5.49. The van der Waals surface area contributed by atoms with Gasteiger partial charge in [0.05, 0.1) is 0 Å². The van der Waals surface area contributed by atoms with Crippen molar-refractivity contribution in [2.45, 2.75) is 26.5 Å². The summed E-state index contributed by atoms with van der Waals surface area (Å²) in [5.41, 5.74) is 0.440. The van der Waals surface area contributed by atoms with Crippen LogP contribution in [0.5, 0.6) is 0 Å². The van der Waals surface area contributed by atoms with Crippen molar-refractivity contribution in [3.8, 4) is 0 Å². The number of ether oxygens (including phenoxy) is 1. The maximum Gasteiger partial charge on any atom is 0.334 e. The van der Waals surface area contributed by atoms with Gasteiger partial charge >= 0.3 is 5.97 Å². The zero-order chi connectivity index (χ0) is 9.72. The van der Waals surface area contributed by atoms with E-state index in [1.54, 1.807) is 6.92 Å². The zero-order valence-corrected chi connectivity index (χ0v) is 9.48. The molecule has 78 valence electrons. The third-order valence-corrected chi connectivity index (χ3v) is 1.52. The fourth-order valence-corrected chi connectivity index (χ4v) is 0.778. The monoisotopic (exact) mass is 207 g/mol. The first-order valence-corrected chi connectivity index (χ1v) is 4.02. The molecule has 0 aliphatic heterocycles. The third kappa shape index (κ3) is 5.66. The van der Waals surface area contributed by atoms with Crippen LogP contribution in [0.4, 0.5) is 0 Å². The highest BCUT2D eigenvalue weighted by Crippen LogP contribution is 2.04. The summed E-state index contributed by atoms with van der Waals surface area (Å²) in [5.74, 6) is -0.324. The lowest BCUT2D eigenvalue weighted by atomic mass is 10.3. The minimum absolute atomic E-state index is 0. The number of hydrogen-bond acceptors (Lipinski definition) is 3. The number of carbonyl (C=O) groups is 1. The van der Waals surface area contributed by atoms with Crippen LogP contribution in [0.3, 0.4) is 0 Å². The smallest absolute Gasteiger partial charge is 0.334 e. The number of halogens is 1. The molecule has 0 aromatic carbocycles. The molecule has 0 aliphatic carbocycles. The van der Waals surface area contributed by atoms with E-state index in [-0.39, 0.29) is 24.6 Å². The highest BCUT2D eigenvalue weighted by molar-refractivity contribution is 5.87. The molecule has 0 aromatic heterocycles. The van der Waals surface area contributed by atoms with E-state index >= 15 is 0 Å². The summed E-state index contributed by atoms with van der Waals surface area (Å²) in [6.45, 7) is 7.12. The summed E-state index contributed by atoms with van der Waals surface area (Å²) in [4.78, 5) is 12.9. The second-order valence-corrected chi connectivity index (χ2v) is 3.01. The predicted octanol–water partition coefficient (Wildman–Crippen LogP) is 1.83. The van der Waals surface area contributed by atoms with Crippen molar-refractivity contribution < 1.29 is 9.53 Å². The zero-order valence-electron chi connectivity index (χ0n) is 8.66. The molecule has 4 heteroatoms. The molecule has 0 bridgehead atoms. The lowest BCUT2D eigenvalue weighted by Crippen LogP contribution is -2.32. The Labute approximate surface area is 86.2 Å². The molecule has 0 saturated heterocycles. The molecule has 1 unspecified atom stereocenters. The summed E-state index contributed by atoms with van der Waals surface area (Å²) in [7, 11) is 3.75. The maximum absolute atomic E-state index is 11.1. The van der Waals surface area contributed by atoms with Gasteiger partial charge in [-0.2, -0.15) is 0 Å². The van der Waals surface area contributed by atoms with Gasteiger partial charge in [-0.15, -0.1) is 12.4 Å². The molecule has 1 atom stereocenters. The number of carbonyl (C=O) groups excluding carboxylic acids is 1. The van der Waals surface area contributed by atoms with Gasteiger partial charge < -0.3 is 4.74 Å². The van der Waals surface area contributed by atoms with Crippen molar-refractivity contribution in [1.82, 2.24) is 4.90 Å². The molecule has 3 nitrogen and oxygen atoms in total. The van der Waals surface area contributed by atoms with E-state index < -0.39 is 0 Å². The molecule has 13 heavy (non-hydrogen) atoms. The molecule has 0 fully saturated rings. The van der Waals surface area contributed by atoms with E-state index in [2.05, 4.69) is 6.58 Å². The minimum atomic E-state index is -0.324. The average molecular weight is 208 g/mol. The Kier molecular flexibility index (Phi) is 7.96. The molecule has 0 amide bonds. The fourth-order valence-electron chi connectivity index (χ4n) is 0.778. The van der Waals surface area contributed by atoms with Crippen LogP contribution >= 0.6 is 12.4 Å². The predicted molar refractivity (Wildman–Crippen MR) is 55.9 cm³/mol. The molecule has 0 spiro atoms. The Hall–Kier alpha value is -0.540. The van der Waals surface area contributed by atoms with Crippen molar-refractivity contribution >= 4 is 18.4 Å². The van der Waals surface area contributed by atoms with Gasteiger partial charge in [0, 0.05) is 5.57 Å². The fraction of sp³-hybridized carbons (Fsp3) is 0.667. The van der Waals surface area contributed by atoms with Crippen LogP contribution < -0.4 is 0 Å². The van der Waals surface area contributed by atoms with Crippen LogP contribution in [-0.2, 0) is 9.53 Å². The summed E-state index contributed by atoms with van der Waals surface area (Å²) < 4.78 is 5.11. The van der Waals surface area contributed by atoms with E-state index in [1.165, 1.54) is 0 Å². The third-order valence-electron chi connectivity index (χ3n) is 1.52. The number of rotatable bonds is 4. The Morgan fingerprint density at radius 1 is 1.54 bits per heavy atom. The summed E-state index contributed by atoms with van der Waals surface area (Å²) in [5, 5.41) is 0. The topological polar surface area (TPSA) is 29.5 Å². The van der Waals surface area contributed by atoms with E-state index in [1.807, 2.05) is 25.9 Å². The van der Waals surface area contributed by atoms with Crippen LogP contribution in [0.2, 0.25) is 0 Å². The van der Waals surface area contributed by atoms with Crippen LogP contribution in [0.25, 0.3) is 0 Å². The lowest BCUT2D eigenvalue weighted by molar-refractivity contribution is -0.152. The Balaban J connectivity index is 0. The standard InChI is InChI=1S/C9H17NO2.ClH/c1-6-8(10(4)5)12-9(11)7(2)3;/h8H,2,6H2,1,3-5H3;1H. The van der Waals surface area contributed by atoms with Gasteiger partial charge in [0.15, 0.2) is 6.23 Å². The van der Waals surface area contributed by atoms with E-state index in [0.717, 1.165) is 6.42 Å². The Morgan fingerprint density at radius 2 is 2.00 bits per heavy atom. The molecule has 0 aliphatic rings. The molecule has 0 heterocycles. The summed E-state index contributed by atoms with van der Waals surface area (Å²) >= 11 is 0. The van der Waals surface area contributed by atoms with Crippen LogP contribution in [0.1, 0.15) is 20.3 Å². The normalized spacial score (nSPS) is 11.8. The first-order valence-electron chi connectivity index (χ1n) is 4.02. The lowest BCUT2D eigenvalue weighted by Gasteiger charge is -2.22. The average Bonchev–Trinajstić information content (AvgIpc) is 1.98. The van der Waals surface area contributed by atoms with Crippen molar-refractivity contribution in [2.24, 2.45) is 0 Å². The summed E-state index contributed by atoms with van der Waals surface area (Å²) in [6.07, 6.45) is 0.639. The molecule has 0 aromatic rings. The minimum Gasteiger partial charge on any atom is -0.443 e. The molecule has 0 N–H and O–H groups in total. The van der Waals surface area contributed by atoms with Gasteiger partial charge in [0.1, 0.15) is 0 Å². The molecule has 0 rings (SSSR count). The number of nitrogens with zero attached hydrogens (tertiary/aromatic N) is 1. The van der Waals surface area contributed by atoms with Gasteiger partial charge in [0.25, 0.3) is 0 Å². The molecule has 0 saturated carbocycles. The van der Waals surface area contributed by atoms with Crippen LogP contribution in [0, 0.1) is 0 Å². The highest BCUT2D eigenvalue weighted by Gasteiger charge is 2.14. The van der Waals surface area contributed by atoms with E-state index in [9.17, 15) is 4.79 Å². The largest absolute Gasteiger partial charge is 0.443 e. The molecular weight excluding hydrogens is 190 g/mol. The quantitative estimate of drug-likeness (QED) is 0.400. The van der Waals surface area contributed by atoms with Gasteiger partial charge in [0.2, 0.25) is 0 Å². The van der Waals surface area contributed by atoms with Crippen LogP contribution in [-0.4, -0.2) is 31.2 Å². The Morgan fingerprint density at radius 3 is 2.23 bits per heavy atom. The second kappa shape index (κ2) is 6.92. The summed E-state index contributed by atoms with van der Waals surface area (Å²) in [6, 6.07) is 0.